The zero-order valence-corrected chi connectivity index (χ0v) is 16.5. The Bertz CT molecular complexity index is 569. The van der Waals surface area contributed by atoms with Gasteiger partial charge in [-0.3, -0.25) is 4.99 Å². The number of nitrogens with zero attached hydrogens (tertiary/aromatic N) is 2. The van der Waals surface area contributed by atoms with Crippen molar-refractivity contribution in [2.24, 2.45) is 4.99 Å². The Morgan fingerprint density at radius 3 is 2.67 bits per heavy atom. The van der Waals surface area contributed by atoms with Gasteiger partial charge in [0.1, 0.15) is 5.82 Å². The summed E-state index contributed by atoms with van der Waals surface area (Å²) in [5.74, 6) is 0.747. The minimum absolute atomic E-state index is 0. The maximum atomic E-state index is 13.5. The van der Waals surface area contributed by atoms with E-state index in [1.54, 1.807) is 12.1 Å². The zero-order valence-electron chi connectivity index (χ0n) is 14.2. The van der Waals surface area contributed by atoms with Crippen LogP contribution in [0, 0.1) is 5.82 Å². The Hall–Kier alpha value is -0.890. The van der Waals surface area contributed by atoms with Gasteiger partial charge >= 0.3 is 0 Å². The lowest BCUT2D eigenvalue weighted by Gasteiger charge is -2.32. The molecule has 0 bridgehead atoms. The summed E-state index contributed by atoms with van der Waals surface area (Å²) in [5.41, 5.74) is 1.07. The Balaban J connectivity index is 0.00000208. The second-order valence-electron chi connectivity index (χ2n) is 6.68. The number of nitrogens with one attached hydrogen (secondary N) is 1. The largest absolute Gasteiger partial charge is 0.393 e. The average Bonchev–Trinajstić information content (AvgIpc) is 3.34. The molecule has 1 aromatic carbocycles. The minimum atomic E-state index is -0.184. The van der Waals surface area contributed by atoms with Crippen LogP contribution in [0.5, 0.6) is 0 Å². The highest BCUT2D eigenvalue weighted by Gasteiger charge is 2.44. The van der Waals surface area contributed by atoms with Gasteiger partial charge in [-0.25, -0.2) is 4.39 Å². The molecule has 0 atom stereocenters. The van der Waals surface area contributed by atoms with Gasteiger partial charge in [-0.15, -0.1) is 24.0 Å². The zero-order chi connectivity index (χ0) is 16.3. The SMILES string of the molecule is CCNC(=NCC1(c2cccc(F)c2)CC1)N1CCC(O)CC1.I. The fourth-order valence-electron chi connectivity index (χ4n) is 3.24. The van der Waals surface area contributed by atoms with E-state index in [0.717, 1.165) is 56.8 Å². The highest BCUT2D eigenvalue weighted by molar-refractivity contribution is 14.0. The standard InChI is InChI=1S/C18H26FN3O.HI/c1-2-20-17(22-10-6-16(23)7-11-22)21-13-18(8-9-18)14-4-3-5-15(19)12-14;/h3-5,12,16,23H,2,6-11,13H2,1H3,(H,20,21);1H. The molecule has 2 fully saturated rings. The van der Waals surface area contributed by atoms with E-state index in [4.69, 9.17) is 4.99 Å². The Labute approximate surface area is 160 Å². The van der Waals surface area contributed by atoms with Gasteiger partial charge in [0.05, 0.1) is 12.6 Å². The van der Waals surface area contributed by atoms with Crippen LogP contribution in [0.1, 0.15) is 38.2 Å². The van der Waals surface area contributed by atoms with Crippen LogP contribution in [0.25, 0.3) is 0 Å². The molecule has 1 saturated heterocycles. The molecule has 2 N–H and O–H groups in total. The Morgan fingerprint density at radius 1 is 1.38 bits per heavy atom. The molecule has 3 rings (SSSR count). The van der Waals surface area contributed by atoms with E-state index >= 15 is 0 Å². The number of rotatable bonds is 4. The molecule has 1 saturated carbocycles. The van der Waals surface area contributed by atoms with Crippen molar-refractivity contribution in [3.63, 3.8) is 0 Å². The first kappa shape index (κ1) is 19.4. The molecular formula is C18H27FIN3O. The third kappa shape index (κ3) is 4.59. The predicted octanol–water partition coefficient (Wildman–Crippen LogP) is 2.90. The van der Waals surface area contributed by atoms with Crippen molar-refractivity contribution >= 4 is 29.9 Å². The van der Waals surface area contributed by atoms with E-state index in [-0.39, 0.29) is 41.3 Å². The summed E-state index contributed by atoms with van der Waals surface area (Å²) in [4.78, 5) is 7.05. The highest BCUT2D eigenvalue weighted by atomic mass is 127. The van der Waals surface area contributed by atoms with E-state index in [9.17, 15) is 9.50 Å². The van der Waals surface area contributed by atoms with Gasteiger partial charge in [0.25, 0.3) is 0 Å². The first-order valence-corrected chi connectivity index (χ1v) is 8.60. The smallest absolute Gasteiger partial charge is 0.193 e. The van der Waals surface area contributed by atoms with Gasteiger partial charge in [-0.2, -0.15) is 0 Å². The Kier molecular flexibility index (Phi) is 6.86. The lowest BCUT2D eigenvalue weighted by Crippen LogP contribution is -2.46. The number of piperidine rings is 1. The van der Waals surface area contributed by atoms with Gasteiger partial charge in [0, 0.05) is 25.0 Å². The van der Waals surface area contributed by atoms with Crippen molar-refractivity contribution in [3.8, 4) is 0 Å². The lowest BCUT2D eigenvalue weighted by atomic mass is 9.96. The quantitative estimate of drug-likeness (QED) is 0.424. The molecule has 0 radical (unpaired) electrons. The van der Waals surface area contributed by atoms with E-state index in [2.05, 4.69) is 17.1 Å². The summed E-state index contributed by atoms with van der Waals surface area (Å²) >= 11 is 0. The molecule has 24 heavy (non-hydrogen) atoms. The fourth-order valence-corrected chi connectivity index (χ4v) is 3.24. The van der Waals surface area contributed by atoms with E-state index in [1.165, 1.54) is 6.07 Å². The molecule has 6 heteroatoms. The minimum Gasteiger partial charge on any atom is -0.393 e. The van der Waals surface area contributed by atoms with Crippen LogP contribution in [0.15, 0.2) is 29.3 Å². The van der Waals surface area contributed by atoms with Gasteiger partial charge in [0.2, 0.25) is 0 Å². The second kappa shape index (κ2) is 8.47. The predicted molar refractivity (Wildman–Crippen MR) is 106 cm³/mol. The topological polar surface area (TPSA) is 47.9 Å². The molecule has 1 aromatic rings. The number of aliphatic imine (C=N–C) groups is 1. The lowest BCUT2D eigenvalue weighted by molar-refractivity contribution is 0.108. The number of aliphatic hydroxyl groups excluding tert-OH is 1. The normalized spacial score (nSPS) is 20.5. The van der Waals surface area contributed by atoms with Crippen LogP contribution < -0.4 is 5.32 Å². The van der Waals surface area contributed by atoms with Crippen molar-refractivity contribution in [2.75, 3.05) is 26.2 Å². The number of hydrogen-bond donors (Lipinski definition) is 2. The first-order chi connectivity index (χ1) is 11.1. The fraction of sp³-hybridized carbons (Fsp3) is 0.611. The van der Waals surface area contributed by atoms with E-state index in [0.29, 0.717) is 6.54 Å². The molecule has 134 valence electrons. The maximum Gasteiger partial charge on any atom is 0.193 e. The van der Waals surface area contributed by atoms with E-state index in [1.807, 2.05) is 6.07 Å². The van der Waals surface area contributed by atoms with Crippen molar-refractivity contribution < 1.29 is 9.50 Å². The van der Waals surface area contributed by atoms with Crippen LogP contribution in [0.2, 0.25) is 0 Å². The molecule has 1 aliphatic heterocycles. The molecule has 2 aliphatic rings. The maximum absolute atomic E-state index is 13.5. The second-order valence-corrected chi connectivity index (χ2v) is 6.68. The van der Waals surface area contributed by atoms with E-state index < -0.39 is 0 Å². The molecule has 4 nitrogen and oxygen atoms in total. The van der Waals surface area contributed by atoms with Crippen molar-refractivity contribution in [1.82, 2.24) is 10.2 Å². The third-order valence-corrected chi connectivity index (χ3v) is 4.92. The summed E-state index contributed by atoms with van der Waals surface area (Å²) in [7, 11) is 0. The summed E-state index contributed by atoms with van der Waals surface area (Å²) in [6, 6.07) is 6.93. The van der Waals surface area contributed by atoms with Crippen LogP contribution in [0.4, 0.5) is 4.39 Å². The third-order valence-electron chi connectivity index (χ3n) is 4.92. The molecule has 1 aliphatic carbocycles. The Morgan fingerprint density at radius 2 is 2.08 bits per heavy atom. The molecular weight excluding hydrogens is 420 g/mol. The van der Waals surface area contributed by atoms with Crippen LogP contribution in [-0.2, 0) is 5.41 Å². The van der Waals surface area contributed by atoms with Gasteiger partial charge in [-0.05, 0) is 50.3 Å². The van der Waals surface area contributed by atoms with Crippen molar-refractivity contribution in [1.29, 1.82) is 0 Å². The van der Waals surface area contributed by atoms with Crippen LogP contribution >= 0.6 is 24.0 Å². The number of likely N-dealkylation sites (tertiary alicyclic amines) is 1. The van der Waals surface area contributed by atoms with Crippen LogP contribution in [0.3, 0.4) is 0 Å². The van der Waals surface area contributed by atoms with Crippen LogP contribution in [-0.4, -0.2) is 48.2 Å². The summed E-state index contributed by atoms with van der Waals surface area (Å²) in [6.07, 6.45) is 3.53. The summed E-state index contributed by atoms with van der Waals surface area (Å²) in [5, 5.41) is 13.0. The van der Waals surface area contributed by atoms with Gasteiger partial charge < -0.3 is 15.3 Å². The number of benzene rings is 1. The average molecular weight is 447 g/mol. The highest BCUT2D eigenvalue weighted by Crippen LogP contribution is 2.48. The molecule has 0 aromatic heterocycles. The molecule has 0 amide bonds. The summed E-state index contributed by atoms with van der Waals surface area (Å²) < 4.78 is 13.5. The monoisotopic (exact) mass is 447 g/mol. The molecule has 0 unspecified atom stereocenters. The van der Waals surface area contributed by atoms with Gasteiger partial charge in [-0.1, -0.05) is 12.1 Å². The van der Waals surface area contributed by atoms with Crippen molar-refractivity contribution in [3.05, 3.63) is 35.6 Å². The number of halogens is 2. The number of guanidine groups is 1. The van der Waals surface area contributed by atoms with Gasteiger partial charge in [0.15, 0.2) is 5.96 Å². The van der Waals surface area contributed by atoms with Crippen molar-refractivity contribution in [2.45, 2.75) is 44.1 Å². The molecule has 1 heterocycles. The summed E-state index contributed by atoms with van der Waals surface area (Å²) in [6.45, 7) is 5.25. The first-order valence-electron chi connectivity index (χ1n) is 8.60. The number of aliphatic hydroxyl groups is 1. The number of hydrogen-bond acceptors (Lipinski definition) is 2. The molecule has 0 spiro atoms.